The molecule has 2 aliphatic heterocycles. The first kappa shape index (κ1) is 22.7. The first-order chi connectivity index (χ1) is 15.8. The fourth-order valence-corrected chi connectivity index (χ4v) is 8.46. The second-order valence-electron chi connectivity index (χ2n) is 9.05. The largest absolute Gasteiger partial charge is 0.490 e. The number of benzene rings is 2. The summed E-state index contributed by atoms with van der Waals surface area (Å²) in [6, 6.07) is 7.17. The van der Waals surface area contributed by atoms with Crippen LogP contribution in [0.15, 0.2) is 41.3 Å². The molecule has 1 saturated carbocycles. The van der Waals surface area contributed by atoms with E-state index in [1.807, 2.05) is 0 Å². The third-order valence-corrected chi connectivity index (χ3v) is 10.2. The van der Waals surface area contributed by atoms with Crippen LogP contribution in [0.2, 0.25) is 5.02 Å². The highest BCUT2D eigenvalue weighted by Crippen LogP contribution is 2.58. The molecule has 1 unspecified atom stereocenters. The van der Waals surface area contributed by atoms with Crippen molar-refractivity contribution in [1.82, 2.24) is 5.32 Å². The van der Waals surface area contributed by atoms with Crippen LogP contribution in [0.3, 0.4) is 0 Å². The number of hydrogen-bond acceptors (Lipinski definition) is 5. The normalized spacial score (nSPS) is 29.1. The Labute approximate surface area is 196 Å². The van der Waals surface area contributed by atoms with Crippen molar-refractivity contribution in [3.63, 3.8) is 0 Å². The number of ether oxygens (including phenoxy) is 1. The number of sulfone groups is 1. The predicted molar refractivity (Wildman–Crippen MR) is 119 cm³/mol. The van der Waals surface area contributed by atoms with Crippen molar-refractivity contribution in [1.29, 1.82) is 0 Å². The maximum absolute atomic E-state index is 15.4. The lowest BCUT2D eigenvalue weighted by Gasteiger charge is -2.50. The van der Waals surface area contributed by atoms with Gasteiger partial charge in [0.05, 0.1) is 23.1 Å². The van der Waals surface area contributed by atoms with Crippen LogP contribution in [0.5, 0.6) is 5.75 Å². The van der Waals surface area contributed by atoms with Gasteiger partial charge in [0.25, 0.3) is 0 Å². The van der Waals surface area contributed by atoms with E-state index in [-0.39, 0.29) is 41.1 Å². The van der Waals surface area contributed by atoms with Crippen molar-refractivity contribution in [2.75, 3.05) is 13.2 Å². The molecule has 2 aromatic rings. The van der Waals surface area contributed by atoms with Crippen LogP contribution < -0.4 is 10.1 Å². The predicted octanol–water partition coefficient (Wildman–Crippen LogP) is 4.42. The van der Waals surface area contributed by atoms with Crippen molar-refractivity contribution < 1.29 is 26.7 Å². The molecule has 5 nitrogen and oxygen atoms in total. The zero-order valence-electron chi connectivity index (χ0n) is 17.8. The molecule has 0 aromatic heterocycles. The zero-order chi connectivity index (χ0) is 23.4. The molecule has 0 amide bonds. The first-order valence-electron chi connectivity index (χ1n) is 11.2. The monoisotopic (exact) mass is 495 g/mol. The zero-order valence-corrected chi connectivity index (χ0v) is 19.4. The van der Waals surface area contributed by atoms with E-state index >= 15 is 4.39 Å². The molecule has 3 aliphatic rings. The minimum absolute atomic E-state index is 0.0412. The Balaban J connectivity index is 1.73. The second-order valence-corrected chi connectivity index (χ2v) is 11.7. The quantitative estimate of drug-likeness (QED) is 0.680. The van der Waals surface area contributed by atoms with Crippen LogP contribution in [-0.4, -0.2) is 33.4 Å². The minimum atomic E-state index is -4.26. The number of ketones is 1. The highest BCUT2D eigenvalue weighted by atomic mass is 35.5. The molecule has 1 saturated heterocycles. The number of hydrogen-bond donors (Lipinski definition) is 1. The van der Waals surface area contributed by atoms with Gasteiger partial charge in [-0.15, -0.1) is 0 Å². The van der Waals surface area contributed by atoms with Crippen LogP contribution in [-0.2, 0) is 19.4 Å². The Kier molecular flexibility index (Phi) is 5.74. The van der Waals surface area contributed by atoms with Crippen LogP contribution in [0.25, 0.3) is 0 Å². The number of nitrogens with one attached hydrogen (secondary N) is 1. The lowest BCUT2D eigenvalue weighted by molar-refractivity contribution is -0.129. The molecule has 0 bridgehead atoms. The lowest BCUT2D eigenvalue weighted by atomic mass is 9.65. The summed E-state index contributed by atoms with van der Waals surface area (Å²) in [5.74, 6) is -3.60. The Morgan fingerprint density at radius 3 is 2.48 bits per heavy atom. The number of carbonyl (C=O) groups excluding carboxylic acids is 1. The van der Waals surface area contributed by atoms with E-state index in [4.69, 9.17) is 16.3 Å². The lowest BCUT2D eigenvalue weighted by Crippen LogP contribution is -2.57. The third-order valence-electron chi connectivity index (χ3n) is 7.41. The Bertz CT molecular complexity index is 1200. The van der Waals surface area contributed by atoms with Gasteiger partial charge in [-0.05, 0) is 68.6 Å². The summed E-state index contributed by atoms with van der Waals surface area (Å²) in [7, 11) is -4.26. The van der Waals surface area contributed by atoms with E-state index in [2.05, 4.69) is 5.32 Å². The van der Waals surface area contributed by atoms with Crippen molar-refractivity contribution in [2.45, 2.75) is 47.8 Å². The average molecular weight is 496 g/mol. The molecular weight excluding hydrogens is 472 g/mol. The SMILES string of the molecule is O=C(C1CCCN1)[C@@H]1CCC[C@@]2(S(=O)(=O)c3ccc(Cl)cc3)c3c(F)ccc(F)c3OC[C@@H]12. The molecule has 1 N–H and O–H groups in total. The van der Waals surface area contributed by atoms with Crippen molar-refractivity contribution in [3.05, 3.63) is 58.6 Å². The highest BCUT2D eigenvalue weighted by Gasteiger charge is 2.62. The summed E-state index contributed by atoms with van der Waals surface area (Å²) in [6.45, 7) is 0.546. The van der Waals surface area contributed by atoms with Gasteiger partial charge in [-0.3, -0.25) is 4.79 Å². The van der Waals surface area contributed by atoms with Crippen molar-refractivity contribution in [2.24, 2.45) is 11.8 Å². The molecule has 5 rings (SSSR count). The standard InChI is InChI=1S/C24H24ClF2NO4S/c25-14-5-7-15(8-6-14)33(30,31)24-11-1-3-16(22(29)20-4-2-12-28-20)17(24)13-32-23-19(27)10-9-18(26)21(23)24/h5-10,16-17,20,28H,1-4,11-13H2/t16-,17+,20?,24+/m1/s1. The first-order valence-corrected chi connectivity index (χ1v) is 13.0. The number of carbonyl (C=O) groups is 1. The topological polar surface area (TPSA) is 72.5 Å². The summed E-state index contributed by atoms with van der Waals surface area (Å²) in [5, 5.41) is 3.55. The van der Waals surface area contributed by atoms with Gasteiger partial charge in [0.15, 0.2) is 27.2 Å². The molecule has 2 fully saturated rings. The fourth-order valence-electron chi connectivity index (χ4n) is 5.92. The maximum Gasteiger partial charge on any atom is 0.188 e. The van der Waals surface area contributed by atoms with Gasteiger partial charge >= 0.3 is 0 Å². The third kappa shape index (κ3) is 3.41. The number of Topliss-reactive ketones (excluding diaryl/α,β-unsaturated/α-hetero) is 1. The maximum atomic E-state index is 15.4. The van der Waals surface area contributed by atoms with Gasteiger partial charge in [-0.2, -0.15) is 0 Å². The number of fused-ring (bicyclic) bond motifs is 3. The van der Waals surface area contributed by atoms with Gasteiger partial charge < -0.3 is 10.1 Å². The molecule has 0 radical (unpaired) electrons. The Morgan fingerprint density at radius 2 is 1.79 bits per heavy atom. The molecule has 9 heteroatoms. The number of halogens is 3. The molecule has 33 heavy (non-hydrogen) atoms. The summed E-state index contributed by atoms with van der Waals surface area (Å²) in [6.07, 6.45) is 2.48. The van der Waals surface area contributed by atoms with E-state index in [1.165, 1.54) is 24.3 Å². The van der Waals surface area contributed by atoms with Crippen molar-refractivity contribution in [3.8, 4) is 5.75 Å². The van der Waals surface area contributed by atoms with Gasteiger partial charge in [-0.1, -0.05) is 18.0 Å². The van der Waals surface area contributed by atoms with Gasteiger partial charge in [0.2, 0.25) is 0 Å². The number of rotatable bonds is 4. The Hall–Kier alpha value is -2.03. The summed E-state index contributed by atoms with van der Waals surface area (Å²) in [5.41, 5.74) is -0.300. The molecule has 1 aliphatic carbocycles. The van der Waals surface area contributed by atoms with Crippen LogP contribution in [0, 0.1) is 23.5 Å². The van der Waals surface area contributed by atoms with Gasteiger partial charge in [0, 0.05) is 16.9 Å². The van der Waals surface area contributed by atoms with Crippen LogP contribution in [0.4, 0.5) is 8.78 Å². The highest BCUT2D eigenvalue weighted by molar-refractivity contribution is 7.92. The molecular formula is C24H24ClF2NO4S. The molecule has 0 spiro atoms. The smallest absolute Gasteiger partial charge is 0.188 e. The molecule has 4 atom stereocenters. The molecule has 2 aromatic carbocycles. The van der Waals surface area contributed by atoms with Crippen LogP contribution in [0.1, 0.15) is 37.7 Å². The van der Waals surface area contributed by atoms with Crippen LogP contribution >= 0.6 is 11.6 Å². The van der Waals surface area contributed by atoms with Gasteiger partial charge in [0.1, 0.15) is 10.6 Å². The molecule has 176 valence electrons. The Morgan fingerprint density at radius 1 is 1.06 bits per heavy atom. The van der Waals surface area contributed by atoms with E-state index in [1.54, 1.807) is 0 Å². The van der Waals surface area contributed by atoms with Gasteiger partial charge in [-0.25, -0.2) is 17.2 Å². The minimum Gasteiger partial charge on any atom is -0.490 e. The average Bonchev–Trinajstić information content (AvgIpc) is 3.35. The molecule has 2 heterocycles. The van der Waals surface area contributed by atoms with Crippen molar-refractivity contribution >= 4 is 27.2 Å². The van der Waals surface area contributed by atoms with E-state index in [0.717, 1.165) is 25.1 Å². The summed E-state index contributed by atoms with van der Waals surface area (Å²) in [4.78, 5) is 13.4. The second kappa shape index (κ2) is 8.32. The summed E-state index contributed by atoms with van der Waals surface area (Å²) >= 11 is 5.97. The fraction of sp³-hybridized carbons (Fsp3) is 0.458. The van der Waals surface area contributed by atoms with E-state index < -0.39 is 38.1 Å². The summed E-state index contributed by atoms with van der Waals surface area (Å²) < 4.78 is 62.5. The van der Waals surface area contributed by atoms with E-state index in [0.29, 0.717) is 24.3 Å². The van der Waals surface area contributed by atoms with E-state index in [9.17, 15) is 17.6 Å².